The first kappa shape index (κ1) is 43.0. The second-order valence-electron chi connectivity index (χ2n) is 16.2. The molecular weight excluding hydrogens is 773 g/mol. The van der Waals surface area contributed by atoms with Crippen LogP contribution in [0.15, 0.2) is 66.0 Å². The lowest BCUT2D eigenvalue weighted by Gasteiger charge is -2.35. The zero-order valence-electron chi connectivity index (χ0n) is 33.9. The lowest BCUT2D eigenvalue weighted by molar-refractivity contribution is -0.144. The van der Waals surface area contributed by atoms with Crippen molar-refractivity contribution >= 4 is 46.5 Å². The number of aliphatic hydroxyl groups excluding tert-OH is 1. The topological polar surface area (TPSA) is 212 Å². The van der Waals surface area contributed by atoms with Crippen LogP contribution in [0.1, 0.15) is 51.2 Å². The Balaban J connectivity index is 0.931. The van der Waals surface area contributed by atoms with Crippen LogP contribution in [0.25, 0.3) is 21.7 Å². The first-order valence-electron chi connectivity index (χ1n) is 19.9. The minimum Gasteiger partial charge on any atom is -0.507 e. The highest BCUT2D eigenvalue weighted by Crippen LogP contribution is 2.34. The molecule has 0 spiro atoms. The number of rotatable bonds is 14. The molecule has 2 saturated heterocycles. The Kier molecular flexibility index (Phi) is 13.8. The third kappa shape index (κ3) is 10.7. The van der Waals surface area contributed by atoms with Gasteiger partial charge < -0.3 is 46.4 Å². The summed E-state index contributed by atoms with van der Waals surface area (Å²) in [6.45, 7) is 8.84. The smallest absolute Gasteiger partial charge is 0.246 e. The molecule has 0 saturated carbocycles. The van der Waals surface area contributed by atoms with E-state index in [9.17, 15) is 29.4 Å². The number of likely N-dealkylation sites (tertiary alicyclic amines) is 1. The summed E-state index contributed by atoms with van der Waals surface area (Å²) in [5.41, 5.74) is 10.4. The molecule has 2 aliphatic rings. The first-order valence-corrected chi connectivity index (χ1v) is 20.8. The van der Waals surface area contributed by atoms with E-state index in [-0.39, 0.29) is 68.6 Å². The van der Waals surface area contributed by atoms with E-state index in [2.05, 4.69) is 49.4 Å². The molecule has 0 radical (unpaired) electrons. The van der Waals surface area contributed by atoms with Gasteiger partial charge in [-0.05, 0) is 71.5 Å². The van der Waals surface area contributed by atoms with Gasteiger partial charge in [0.05, 0.1) is 24.1 Å². The molecule has 6 rings (SSSR count). The number of para-hydroxylation sites is 1. The largest absolute Gasteiger partial charge is 0.507 e. The Hall–Kier alpha value is -5.58. The van der Waals surface area contributed by atoms with Crippen molar-refractivity contribution in [2.75, 3.05) is 50.0 Å². The second-order valence-corrected chi connectivity index (χ2v) is 17.1. The summed E-state index contributed by atoms with van der Waals surface area (Å²) in [5.74, 6) is -1.32. The molecule has 2 aliphatic heterocycles. The maximum Gasteiger partial charge on any atom is 0.246 e. The average Bonchev–Trinajstić information content (AvgIpc) is 3.84. The number of hydrogen-bond donors (Lipinski definition) is 6. The van der Waals surface area contributed by atoms with Gasteiger partial charge in [0.1, 0.15) is 24.4 Å². The van der Waals surface area contributed by atoms with Crippen LogP contribution in [0.2, 0.25) is 0 Å². The number of amides is 4. The van der Waals surface area contributed by atoms with Gasteiger partial charge in [0, 0.05) is 55.5 Å². The highest BCUT2D eigenvalue weighted by Gasteiger charge is 2.44. The van der Waals surface area contributed by atoms with Crippen molar-refractivity contribution in [3.8, 4) is 27.4 Å². The van der Waals surface area contributed by atoms with Gasteiger partial charge in [-0.15, -0.1) is 21.5 Å². The van der Waals surface area contributed by atoms with Gasteiger partial charge in [0.2, 0.25) is 23.6 Å². The molecule has 59 heavy (non-hydrogen) atoms. The standard InChI is InChI=1S/C43H54N8O7S/c1-26-15-20-59-37(26)28-11-9-27(10-12-28)23-46-41(56)34-21-30(52)24-51(34)42(57)38(43(2,3)4)47-36(54)25-58-19-16-45-40(55)29-13-17-50(18-14-29)33-22-32(48-49-39(33)44)31-7-5-6-8-35(31)53/h5-12,15,20,22,29-30,34,38,52-53H,13-14,16-19,21,23-25H2,1-4H3,(H2,44,49)(H,45,55)(H,46,56)(H,47,54)/t30-,34+,38-/m1/s1. The minimum absolute atomic E-state index is 0.0287. The van der Waals surface area contributed by atoms with E-state index in [0.717, 1.165) is 11.1 Å². The number of phenols is 1. The number of aliphatic hydroxyl groups is 1. The zero-order chi connectivity index (χ0) is 42.3. The van der Waals surface area contributed by atoms with Gasteiger partial charge in [-0.25, -0.2) is 0 Å². The molecule has 15 nitrogen and oxygen atoms in total. The molecule has 0 bridgehead atoms. The number of benzene rings is 2. The number of carbonyl (C=O) groups excluding carboxylic acids is 4. The summed E-state index contributed by atoms with van der Waals surface area (Å²) in [5, 5.41) is 39.7. The van der Waals surface area contributed by atoms with Crippen molar-refractivity contribution in [1.82, 2.24) is 31.0 Å². The number of thiophene rings is 1. The minimum atomic E-state index is -0.992. The highest BCUT2D eigenvalue weighted by atomic mass is 32.1. The molecule has 4 heterocycles. The van der Waals surface area contributed by atoms with Crippen LogP contribution in [-0.4, -0.2) is 107 Å². The van der Waals surface area contributed by atoms with E-state index >= 15 is 0 Å². The number of nitrogens with zero attached hydrogens (tertiary/aromatic N) is 4. The van der Waals surface area contributed by atoms with Crippen LogP contribution in [0.4, 0.5) is 11.5 Å². The van der Waals surface area contributed by atoms with Gasteiger partial charge in [0.15, 0.2) is 5.82 Å². The van der Waals surface area contributed by atoms with Crippen molar-refractivity contribution in [1.29, 1.82) is 0 Å². The molecule has 314 valence electrons. The Morgan fingerprint density at radius 2 is 1.73 bits per heavy atom. The number of aryl methyl sites for hydroxylation is 1. The Morgan fingerprint density at radius 1 is 1.00 bits per heavy atom. The number of ether oxygens (including phenoxy) is 1. The zero-order valence-corrected chi connectivity index (χ0v) is 34.8. The van der Waals surface area contributed by atoms with Crippen molar-refractivity contribution < 1.29 is 34.1 Å². The molecule has 3 atom stereocenters. The number of aromatic hydroxyl groups is 1. The van der Waals surface area contributed by atoms with Crippen LogP contribution in [-0.2, 0) is 30.5 Å². The first-order chi connectivity index (χ1) is 28.2. The predicted octanol–water partition coefficient (Wildman–Crippen LogP) is 3.63. The van der Waals surface area contributed by atoms with Crippen LogP contribution < -0.4 is 26.6 Å². The summed E-state index contributed by atoms with van der Waals surface area (Å²) in [6.07, 6.45) is 0.384. The molecule has 0 aliphatic carbocycles. The third-order valence-corrected chi connectivity index (χ3v) is 11.9. The Morgan fingerprint density at radius 3 is 2.41 bits per heavy atom. The summed E-state index contributed by atoms with van der Waals surface area (Å²) in [6, 6.07) is 16.8. The average molecular weight is 827 g/mol. The van der Waals surface area contributed by atoms with Crippen LogP contribution in [0.5, 0.6) is 5.75 Å². The quantitative estimate of drug-likeness (QED) is 0.101. The number of piperidine rings is 1. The molecule has 4 amide bonds. The fraction of sp³-hybridized carbons (Fsp3) is 0.442. The lowest BCUT2D eigenvalue weighted by Crippen LogP contribution is -2.58. The number of β-amino-alcohol motifs (C(OH)–C–C–N with tert-alkyl or cyclic N) is 1. The van der Waals surface area contributed by atoms with E-state index < -0.39 is 35.4 Å². The summed E-state index contributed by atoms with van der Waals surface area (Å²) in [4.78, 5) is 58.0. The maximum absolute atomic E-state index is 14.0. The Bertz CT molecular complexity index is 2110. The van der Waals surface area contributed by atoms with Crippen molar-refractivity contribution in [3.05, 3.63) is 77.2 Å². The summed E-state index contributed by atoms with van der Waals surface area (Å²) >= 11 is 1.68. The van der Waals surface area contributed by atoms with E-state index in [1.165, 1.54) is 15.3 Å². The van der Waals surface area contributed by atoms with Crippen LogP contribution in [0, 0.1) is 18.3 Å². The van der Waals surface area contributed by atoms with Gasteiger partial charge >= 0.3 is 0 Å². The number of aromatic nitrogens is 2. The van der Waals surface area contributed by atoms with Gasteiger partial charge in [-0.3, -0.25) is 19.2 Å². The molecule has 7 N–H and O–H groups in total. The molecule has 2 aromatic carbocycles. The SMILES string of the molecule is Cc1ccsc1-c1ccc(CNC(=O)[C@@H]2C[C@@H](O)CN2C(=O)[C@@H](NC(=O)COCCNC(=O)C2CCN(c3cc(-c4ccccc4O)nnc3N)CC2)C(C)(C)C)cc1. The fourth-order valence-electron chi connectivity index (χ4n) is 7.48. The number of nitrogens with two attached hydrogens (primary N) is 1. The third-order valence-electron chi connectivity index (χ3n) is 10.8. The van der Waals surface area contributed by atoms with Crippen molar-refractivity contribution in [3.63, 3.8) is 0 Å². The Labute approximate surface area is 348 Å². The van der Waals surface area contributed by atoms with Crippen LogP contribution >= 0.6 is 11.3 Å². The number of hydrogen-bond acceptors (Lipinski definition) is 12. The molecule has 2 aromatic heterocycles. The van der Waals surface area contributed by atoms with E-state index in [1.54, 1.807) is 41.7 Å². The van der Waals surface area contributed by atoms with Gasteiger partial charge in [-0.2, -0.15) is 0 Å². The number of nitrogens with one attached hydrogen (secondary N) is 3. The second kappa shape index (κ2) is 19.0. The normalized spacial score (nSPS) is 17.7. The van der Waals surface area contributed by atoms with Gasteiger partial charge in [0.25, 0.3) is 0 Å². The van der Waals surface area contributed by atoms with E-state index in [0.29, 0.717) is 42.9 Å². The van der Waals surface area contributed by atoms with Crippen molar-refractivity contribution in [2.24, 2.45) is 11.3 Å². The molecule has 16 heteroatoms. The highest BCUT2D eigenvalue weighted by molar-refractivity contribution is 7.13. The number of nitrogen functional groups attached to an aromatic ring is 1. The summed E-state index contributed by atoms with van der Waals surface area (Å²) in [7, 11) is 0. The van der Waals surface area contributed by atoms with Crippen molar-refractivity contribution in [2.45, 2.75) is 71.7 Å². The molecule has 2 fully saturated rings. The number of anilines is 2. The number of carbonyl (C=O) groups is 4. The molecule has 4 aromatic rings. The van der Waals surface area contributed by atoms with E-state index in [4.69, 9.17) is 10.5 Å². The fourth-order valence-corrected chi connectivity index (χ4v) is 8.41. The van der Waals surface area contributed by atoms with E-state index in [1.807, 2.05) is 45.0 Å². The lowest BCUT2D eigenvalue weighted by atomic mass is 9.85. The predicted molar refractivity (Wildman–Crippen MR) is 226 cm³/mol. The summed E-state index contributed by atoms with van der Waals surface area (Å²) < 4.78 is 5.57. The molecule has 0 unspecified atom stereocenters. The maximum atomic E-state index is 14.0. The van der Waals surface area contributed by atoms with Gasteiger partial charge in [-0.1, -0.05) is 57.2 Å². The monoisotopic (exact) mass is 826 g/mol. The number of phenolic OH excluding ortho intramolecular Hbond substituents is 1. The molecular formula is C43H54N8O7S. The van der Waals surface area contributed by atoms with Crippen LogP contribution in [0.3, 0.4) is 0 Å².